The van der Waals surface area contributed by atoms with Crippen LogP contribution in [0.1, 0.15) is 65.7 Å². The smallest absolute Gasteiger partial charge is 0.310 e. The molecule has 0 bridgehead atoms. The maximum atomic E-state index is 11.2. The van der Waals surface area contributed by atoms with Crippen molar-refractivity contribution >= 4 is 5.97 Å². The van der Waals surface area contributed by atoms with Crippen LogP contribution < -0.4 is 0 Å². The molecule has 106 valence electrons. The minimum Gasteiger partial charge on any atom is -0.481 e. The molecule has 1 saturated heterocycles. The monoisotopic (exact) mass is 255 g/mol. The van der Waals surface area contributed by atoms with Crippen LogP contribution in [0, 0.1) is 5.41 Å². The van der Waals surface area contributed by atoms with Crippen molar-refractivity contribution in [1.82, 2.24) is 4.90 Å². The fourth-order valence-electron chi connectivity index (χ4n) is 2.77. The third-order valence-electron chi connectivity index (χ3n) is 4.37. The topological polar surface area (TPSA) is 40.5 Å². The molecule has 0 amide bonds. The molecule has 1 fully saturated rings. The quantitative estimate of drug-likeness (QED) is 0.674. The number of rotatable bonds is 8. The lowest BCUT2D eigenvalue weighted by Gasteiger charge is -2.26. The first-order valence-electron chi connectivity index (χ1n) is 7.47. The lowest BCUT2D eigenvalue weighted by atomic mass is 9.90. The first kappa shape index (κ1) is 15.5. The van der Waals surface area contributed by atoms with Crippen molar-refractivity contribution in [2.24, 2.45) is 5.41 Å². The highest BCUT2D eigenvalue weighted by molar-refractivity contribution is 5.74. The van der Waals surface area contributed by atoms with Crippen molar-refractivity contribution in [3.05, 3.63) is 0 Å². The van der Waals surface area contributed by atoms with Gasteiger partial charge in [0.1, 0.15) is 0 Å². The highest BCUT2D eigenvalue weighted by Crippen LogP contribution is 2.32. The number of carboxylic acid groups (broad SMARTS) is 1. The Morgan fingerprint density at radius 3 is 2.56 bits per heavy atom. The highest BCUT2D eigenvalue weighted by Gasteiger charge is 2.41. The molecular formula is C15H29NO2. The first-order valence-corrected chi connectivity index (χ1v) is 7.47. The van der Waals surface area contributed by atoms with Crippen molar-refractivity contribution in [3.63, 3.8) is 0 Å². The minimum atomic E-state index is -0.639. The van der Waals surface area contributed by atoms with E-state index < -0.39 is 11.4 Å². The van der Waals surface area contributed by atoms with Gasteiger partial charge in [-0.25, -0.2) is 0 Å². The SMILES string of the molecule is CCCCCCCC(C)N1CCC(C)(C(=O)O)C1. The van der Waals surface area contributed by atoms with Gasteiger partial charge >= 0.3 is 5.97 Å². The summed E-state index contributed by atoms with van der Waals surface area (Å²) < 4.78 is 0. The first-order chi connectivity index (χ1) is 8.49. The predicted octanol–water partition coefficient (Wildman–Crippen LogP) is 3.53. The molecule has 1 heterocycles. The fourth-order valence-corrected chi connectivity index (χ4v) is 2.77. The summed E-state index contributed by atoms with van der Waals surface area (Å²) in [6.07, 6.45) is 8.58. The van der Waals surface area contributed by atoms with Crippen molar-refractivity contribution in [2.45, 2.75) is 71.8 Å². The van der Waals surface area contributed by atoms with Crippen LogP contribution >= 0.6 is 0 Å². The number of nitrogens with zero attached hydrogens (tertiary/aromatic N) is 1. The van der Waals surface area contributed by atoms with Crippen LogP contribution in [0.5, 0.6) is 0 Å². The number of hydrogen-bond acceptors (Lipinski definition) is 2. The number of likely N-dealkylation sites (tertiary alicyclic amines) is 1. The van der Waals surface area contributed by atoms with Gasteiger partial charge in [0.15, 0.2) is 0 Å². The van der Waals surface area contributed by atoms with Crippen LogP contribution in [-0.2, 0) is 4.79 Å². The van der Waals surface area contributed by atoms with Crippen LogP contribution in [-0.4, -0.2) is 35.1 Å². The molecule has 2 atom stereocenters. The molecule has 2 unspecified atom stereocenters. The van der Waals surface area contributed by atoms with E-state index in [1.54, 1.807) is 0 Å². The summed E-state index contributed by atoms with van der Waals surface area (Å²) in [5, 5.41) is 9.22. The molecule has 1 aliphatic rings. The molecule has 0 saturated carbocycles. The van der Waals surface area contributed by atoms with E-state index in [9.17, 15) is 9.90 Å². The number of carboxylic acids is 1. The Hall–Kier alpha value is -0.570. The zero-order valence-electron chi connectivity index (χ0n) is 12.2. The molecule has 1 aliphatic heterocycles. The van der Waals surface area contributed by atoms with E-state index in [0.717, 1.165) is 19.5 Å². The van der Waals surface area contributed by atoms with Gasteiger partial charge in [-0.15, -0.1) is 0 Å². The Morgan fingerprint density at radius 1 is 1.33 bits per heavy atom. The van der Waals surface area contributed by atoms with Gasteiger partial charge in [0.2, 0.25) is 0 Å². The third-order valence-corrected chi connectivity index (χ3v) is 4.37. The second-order valence-corrected chi connectivity index (χ2v) is 6.14. The van der Waals surface area contributed by atoms with Crippen molar-refractivity contribution in [2.75, 3.05) is 13.1 Å². The second kappa shape index (κ2) is 7.13. The lowest BCUT2D eigenvalue weighted by molar-refractivity contribution is -0.147. The summed E-state index contributed by atoms with van der Waals surface area (Å²) >= 11 is 0. The van der Waals surface area contributed by atoms with Gasteiger partial charge in [0.25, 0.3) is 0 Å². The van der Waals surface area contributed by atoms with E-state index in [2.05, 4.69) is 18.7 Å². The van der Waals surface area contributed by atoms with E-state index in [0.29, 0.717) is 6.04 Å². The molecule has 18 heavy (non-hydrogen) atoms. The van der Waals surface area contributed by atoms with Crippen molar-refractivity contribution < 1.29 is 9.90 Å². The molecule has 0 aromatic carbocycles. The minimum absolute atomic E-state index is 0.517. The van der Waals surface area contributed by atoms with Gasteiger partial charge < -0.3 is 5.11 Å². The summed E-state index contributed by atoms with van der Waals surface area (Å²) in [7, 11) is 0. The molecular weight excluding hydrogens is 226 g/mol. The molecule has 0 spiro atoms. The van der Waals surface area contributed by atoms with Crippen molar-refractivity contribution in [3.8, 4) is 0 Å². The molecule has 0 radical (unpaired) electrons. The summed E-state index contributed by atoms with van der Waals surface area (Å²) in [6.45, 7) is 8.02. The zero-order chi connectivity index (χ0) is 13.6. The average Bonchev–Trinajstić information content (AvgIpc) is 2.73. The molecule has 1 N–H and O–H groups in total. The Bertz CT molecular complexity index is 267. The van der Waals surface area contributed by atoms with E-state index in [4.69, 9.17) is 0 Å². The van der Waals surface area contributed by atoms with Crippen LogP contribution in [0.25, 0.3) is 0 Å². The van der Waals surface area contributed by atoms with Gasteiger partial charge in [0, 0.05) is 12.6 Å². The number of aliphatic carboxylic acids is 1. The van der Waals surface area contributed by atoms with Crippen LogP contribution in [0.4, 0.5) is 0 Å². The van der Waals surface area contributed by atoms with Crippen LogP contribution in [0.2, 0.25) is 0 Å². The second-order valence-electron chi connectivity index (χ2n) is 6.14. The van der Waals surface area contributed by atoms with E-state index in [1.807, 2.05) is 6.92 Å². The Kier molecular flexibility index (Phi) is 6.13. The molecule has 3 nitrogen and oxygen atoms in total. The largest absolute Gasteiger partial charge is 0.481 e. The molecule has 1 rings (SSSR count). The van der Waals surface area contributed by atoms with Gasteiger partial charge in [0.05, 0.1) is 5.41 Å². The summed E-state index contributed by atoms with van der Waals surface area (Å²) in [5.41, 5.74) is -0.517. The van der Waals surface area contributed by atoms with Gasteiger partial charge in [-0.2, -0.15) is 0 Å². The van der Waals surface area contributed by atoms with E-state index in [-0.39, 0.29) is 0 Å². The van der Waals surface area contributed by atoms with Gasteiger partial charge in [-0.1, -0.05) is 39.0 Å². The Labute approximate surface area is 112 Å². The summed E-state index contributed by atoms with van der Waals surface area (Å²) in [5.74, 6) is -0.639. The average molecular weight is 255 g/mol. The number of hydrogen-bond donors (Lipinski definition) is 1. The predicted molar refractivity (Wildman–Crippen MR) is 74.8 cm³/mol. The van der Waals surface area contributed by atoms with Crippen LogP contribution in [0.15, 0.2) is 0 Å². The zero-order valence-corrected chi connectivity index (χ0v) is 12.2. The standard InChI is InChI=1S/C15H29NO2/c1-4-5-6-7-8-9-13(2)16-11-10-15(3,12-16)14(17)18/h13H,4-12H2,1-3H3,(H,17,18). The molecule has 0 aliphatic carbocycles. The lowest BCUT2D eigenvalue weighted by Crippen LogP contribution is -2.36. The normalized spacial score (nSPS) is 26.4. The van der Waals surface area contributed by atoms with Crippen LogP contribution in [0.3, 0.4) is 0 Å². The Morgan fingerprint density at radius 2 is 2.00 bits per heavy atom. The number of unbranched alkanes of at least 4 members (excludes halogenated alkanes) is 4. The summed E-state index contributed by atoms with van der Waals surface area (Å²) in [6, 6.07) is 0.535. The molecule has 0 aromatic heterocycles. The van der Waals surface area contributed by atoms with Gasteiger partial charge in [-0.05, 0) is 33.2 Å². The highest BCUT2D eigenvalue weighted by atomic mass is 16.4. The third kappa shape index (κ3) is 4.27. The van der Waals surface area contributed by atoms with E-state index in [1.165, 1.54) is 38.5 Å². The maximum Gasteiger partial charge on any atom is 0.310 e. The molecule has 3 heteroatoms. The van der Waals surface area contributed by atoms with E-state index >= 15 is 0 Å². The summed E-state index contributed by atoms with van der Waals surface area (Å²) in [4.78, 5) is 13.6. The Balaban J connectivity index is 2.23. The maximum absolute atomic E-state index is 11.2. The van der Waals surface area contributed by atoms with Gasteiger partial charge in [-0.3, -0.25) is 9.69 Å². The molecule has 0 aromatic rings. The fraction of sp³-hybridized carbons (Fsp3) is 0.933. The van der Waals surface area contributed by atoms with Crippen molar-refractivity contribution in [1.29, 1.82) is 0 Å². The number of carbonyl (C=O) groups is 1.